The van der Waals surface area contributed by atoms with Gasteiger partial charge in [-0.2, -0.15) is 0 Å². The molecule has 0 bridgehead atoms. The lowest BCUT2D eigenvalue weighted by Crippen LogP contribution is -2.49. The number of nitrogens with zero attached hydrogens (tertiary/aromatic N) is 2. The number of hydrogen-bond acceptors (Lipinski definition) is 7. The van der Waals surface area contributed by atoms with E-state index in [9.17, 15) is 14.7 Å². The molecule has 1 N–H and O–H groups in total. The second-order valence-electron chi connectivity index (χ2n) is 10.3. The minimum Gasteiger partial charge on any atom is -0.465 e. The third kappa shape index (κ3) is 6.72. The number of likely N-dealkylation sites (tertiary alicyclic amines) is 2. The number of carbonyl (C=O) groups is 2. The van der Waals surface area contributed by atoms with Crippen LogP contribution in [0, 0.1) is 5.92 Å². The third-order valence-electron chi connectivity index (χ3n) is 8.00. The fourth-order valence-electron chi connectivity index (χ4n) is 5.97. The van der Waals surface area contributed by atoms with Gasteiger partial charge in [0.25, 0.3) is 5.91 Å². The van der Waals surface area contributed by atoms with Crippen LogP contribution in [0.1, 0.15) is 73.7 Å². The molecule has 3 aliphatic heterocycles. The standard InChI is InChI=1S/C29H42N2O6/c1-3-36-29-24(8-7-19-32)25(21-9-11-22(12-10-21)28(34)35-2)20-26(37-29)27(33)31-17-13-23(14-18-31)30-15-5-4-6-16-30/h9-12,20,23-25,29,32H,3-8,13-19H2,1-2H3/t24-,25+,29+/m1/s1. The number of aliphatic hydroxyl groups is 1. The summed E-state index contributed by atoms with van der Waals surface area (Å²) in [6.07, 6.45) is 8.49. The van der Waals surface area contributed by atoms with Gasteiger partial charge in [0, 0.05) is 44.2 Å². The average molecular weight is 515 g/mol. The van der Waals surface area contributed by atoms with Gasteiger partial charge in [0.15, 0.2) is 5.76 Å². The minimum absolute atomic E-state index is 0.0718. The number of esters is 1. The Bertz CT molecular complexity index is 919. The van der Waals surface area contributed by atoms with Crippen molar-refractivity contribution < 1.29 is 28.9 Å². The first kappa shape index (κ1) is 27.6. The van der Waals surface area contributed by atoms with Crippen molar-refractivity contribution in [1.82, 2.24) is 9.80 Å². The van der Waals surface area contributed by atoms with Crippen molar-refractivity contribution in [3.63, 3.8) is 0 Å². The molecule has 0 aromatic heterocycles. The topological polar surface area (TPSA) is 88.5 Å². The first-order chi connectivity index (χ1) is 18.0. The highest BCUT2D eigenvalue weighted by Crippen LogP contribution is 2.40. The number of allylic oxidation sites excluding steroid dienone is 1. The zero-order chi connectivity index (χ0) is 26.2. The summed E-state index contributed by atoms with van der Waals surface area (Å²) in [7, 11) is 1.36. The molecule has 204 valence electrons. The number of ether oxygens (including phenoxy) is 3. The molecule has 0 unspecified atom stereocenters. The van der Waals surface area contributed by atoms with E-state index < -0.39 is 6.29 Å². The molecule has 3 aliphatic rings. The number of hydrogen-bond donors (Lipinski definition) is 1. The number of amides is 1. The number of benzene rings is 1. The molecule has 3 heterocycles. The zero-order valence-corrected chi connectivity index (χ0v) is 22.3. The predicted molar refractivity (Wildman–Crippen MR) is 140 cm³/mol. The van der Waals surface area contributed by atoms with Crippen LogP contribution in [0.15, 0.2) is 36.1 Å². The smallest absolute Gasteiger partial charge is 0.337 e. The van der Waals surface area contributed by atoms with Gasteiger partial charge in [0.2, 0.25) is 6.29 Å². The first-order valence-electron chi connectivity index (χ1n) is 13.9. The monoisotopic (exact) mass is 514 g/mol. The third-order valence-corrected chi connectivity index (χ3v) is 8.00. The van der Waals surface area contributed by atoms with Gasteiger partial charge in [-0.15, -0.1) is 0 Å². The predicted octanol–water partition coefficient (Wildman–Crippen LogP) is 3.70. The molecule has 0 spiro atoms. The van der Waals surface area contributed by atoms with Crippen molar-refractivity contribution >= 4 is 11.9 Å². The maximum absolute atomic E-state index is 13.6. The molecule has 8 heteroatoms. The first-order valence-corrected chi connectivity index (χ1v) is 13.9. The van der Waals surface area contributed by atoms with E-state index in [1.54, 1.807) is 12.1 Å². The van der Waals surface area contributed by atoms with E-state index in [1.165, 1.54) is 39.5 Å². The Labute approximate surface area is 220 Å². The summed E-state index contributed by atoms with van der Waals surface area (Å²) in [4.78, 5) is 30.1. The SMILES string of the molecule is CCO[C@H]1OC(C(=O)N2CCC(N3CCCCC3)CC2)=C[C@@H](c2ccc(C(=O)OC)cc2)[C@H]1CCCO. The van der Waals surface area contributed by atoms with Gasteiger partial charge < -0.3 is 29.1 Å². The number of methoxy groups -OCH3 is 1. The Kier molecular flexibility index (Phi) is 10.00. The summed E-state index contributed by atoms with van der Waals surface area (Å²) in [5.41, 5.74) is 1.45. The fraction of sp³-hybridized carbons (Fsp3) is 0.655. The molecular weight excluding hydrogens is 472 g/mol. The summed E-state index contributed by atoms with van der Waals surface area (Å²) in [5, 5.41) is 9.51. The summed E-state index contributed by atoms with van der Waals surface area (Å²) < 4.78 is 17.0. The maximum atomic E-state index is 13.6. The van der Waals surface area contributed by atoms with Crippen molar-refractivity contribution in [2.45, 2.75) is 70.1 Å². The molecular formula is C29H42N2O6. The lowest BCUT2D eigenvalue weighted by Gasteiger charge is -2.41. The number of piperidine rings is 2. The molecule has 0 aliphatic carbocycles. The van der Waals surface area contributed by atoms with E-state index in [-0.39, 0.29) is 30.3 Å². The Morgan fingerprint density at radius 2 is 1.76 bits per heavy atom. The Morgan fingerprint density at radius 3 is 2.38 bits per heavy atom. The van der Waals surface area contributed by atoms with Gasteiger partial charge >= 0.3 is 5.97 Å². The Balaban J connectivity index is 1.53. The summed E-state index contributed by atoms with van der Waals surface area (Å²) in [6, 6.07) is 7.86. The minimum atomic E-state index is -0.586. The largest absolute Gasteiger partial charge is 0.465 e. The van der Waals surface area contributed by atoms with Crippen LogP contribution in [-0.2, 0) is 19.0 Å². The molecule has 0 saturated carbocycles. The quantitative estimate of drug-likeness (QED) is 0.503. The molecule has 4 rings (SSSR count). The average Bonchev–Trinajstić information content (AvgIpc) is 2.96. The molecule has 2 saturated heterocycles. The van der Waals surface area contributed by atoms with E-state index in [1.807, 2.05) is 30.0 Å². The lowest BCUT2D eigenvalue weighted by atomic mass is 9.80. The van der Waals surface area contributed by atoms with E-state index in [4.69, 9.17) is 14.2 Å². The van der Waals surface area contributed by atoms with E-state index in [0.29, 0.717) is 36.8 Å². The van der Waals surface area contributed by atoms with Gasteiger partial charge in [0.05, 0.1) is 12.7 Å². The van der Waals surface area contributed by atoms with Crippen molar-refractivity contribution in [2.24, 2.45) is 5.92 Å². The molecule has 1 aromatic rings. The van der Waals surface area contributed by atoms with Crippen LogP contribution in [0.5, 0.6) is 0 Å². The molecule has 8 nitrogen and oxygen atoms in total. The highest BCUT2D eigenvalue weighted by Gasteiger charge is 2.39. The van der Waals surface area contributed by atoms with Gasteiger partial charge in [-0.25, -0.2) is 4.79 Å². The Morgan fingerprint density at radius 1 is 1.05 bits per heavy atom. The zero-order valence-electron chi connectivity index (χ0n) is 22.3. The second kappa shape index (κ2) is 13.4. The van der Waals surface area contributed by atoms with Crippen LogP contribution >= 0.6 is 0 Å². The van der Waals surface area contributed by atoms with Crippen molar-refractivity contribution in [1.29, 1.82) is 0 Å². The summed E-state index contributed by atoms with van der Waals surface area (Å²) in [6.45, 7) is 6.25. The number of carbonyl (C=O) groups excluding carboxylic acids is 2. The van der Waals surface area contributed by atoms with E-state index in [2.05, 4.69) is 4.90 Å². The number of rotatable bonds is 9. The van der Waals surface area contributed by atoms with Crippen LogP contribution in [0.2, 0.25) is 0 Å². The van der Waals surface area contributed by atoms with Crippen molar-refractivity contribution in [3.05, 3.63) is 47.2 Å². The van der Waals surface area contributed by atoms with Crippen LogP contribution < -0.4 is 0 Å². The molecule has 2 fully saturated rings. The molecule has 37 heavy (non-hydrogen) atoms. The highest BCUT2D eigenvalue weighted by atomic mass is 16.7. The highest BCUT2D eigenvalue weighted by molar-refractivity contribution is 5.92. The lowest BCUT2D eigenvalue weighted by molar-refractivity contribution is -0.171. The van der Waals surface area contributed by atoms with Gasteiger partial charge in [-0.3, -0.25) is 4.79 Å². The molecule has 3 atom stereocenters. The van der Waals surface area contributed by atoms with Crippen molar-refractivity contribution in [3.8, 4) is 0 Å². The van der Waals surface area contributed by atoms with Crippen LogP contribution in [-0.4, -0.2) is 85.6 Å². The molecule has 0 radical (unpaired) electrons. The van der Waals surface area contributed by atoms with Gasteiger partial charge in [-0.05, 0) is 82.3 Å². The maximum Gasteiger partial charge on any atom is 0.337 e. The van der Waals surface area contributed by atoms with Gasteiger partial charge in [-0.1, -0.05) is 18.6 Å². The normalized spacial score (nSPS) is 25.3. The van der Waals surface area contributed by atoms with Crippen LogP contribution in [0.3, 0.4) is 0 Å². The van der Waals surface area contributed by atoms with E-state index >= 15 is 0 Å². The Hall–Kier alpha value is -2.42. The number of aliphatic hydroxyl groups excluding tert-OH is 1. The van der Waals surface area contributed by atoms with E-state index in [0.717, 1.165) is 31.5 Å². The fourth-order valence-corrected chi connectivity index (χ4v) is 5.97. The van der Waals surface area contributed by atoms with Crippen LogP contribution in [0.25, 0.3) is 0 Å². The summed E-state index contributed by atoms with van der Waals surface area (Å²) >= 11 is 0. The van der Waals surface area contributed by atoms with Gasteiger partial charge in [0.1, 0.15) is 0 Å². The molecule has 1 aromatic carbocycles. The second-order valence-corrected chi connectivity index (χ2v) is 10.3. The molecule has 1 amide bonds. The summed E-state index contributed by atoms with van der Waals surface area (Å²) in [5.74, 6) is -0.358. The van der Waals surface area contributed by atoms with Crippen LogP contribution in [0.4, 0.5) is 0 Å². The van der Waals surface area contributed by atoms with Crippen molar-refractivity contribution in [2.75, 3.05) is 46.5 Å².